The van der Waals surface area contributed by atoms with Crippen LogP contribution < -0.4 is 4.80 Å². The molecule has 3 rings (SSSR count). The van der Waals surface area contributed by atoms with Crippen LogP contribution in [0.3, 0.4) is 0 Å². The first kappa shape index (κ1) is 19.6. The third-order valence-corrected chi connectivity index (χ3v) is 5.10. The first-order chi connectivity index (χ1) is 13.5. The van der Waals surface area contributed by atoms with Gasteiger partial charge in [-0.25, -0.2) is 4.79 Å². The van der Waals surface area contributed by atoms with Gasteiger partial charge in [0, 0.05) is 6.54 Å². The van der Waals surface area contributed by atoms with E-state index >= 15 is 0 Å². The van der Waals surface area contributed by atoms with Crippen LogP contribution in [0.2, 0.25) is 0 Å². The number of nitrogens with zero attached hydrogens (tertiary/aromatic N) is 4. The predicted molar refractivity (Wildman–Crippen MR) is 107 cm³/mol. The molecule has 0 saturated carbocycles. The fourth-order valence-electron chi connectivity index (χ4n) is 2.85. The maximum Gasteiger partial charge on any atom is 0.338 e. The molecular formula is C20H20N4O3S. The number of ether oxygens (including phenoxy) is 1. The molecule has 3 aromatic rings. The van der Waals surface area contributed by atoms with Gasteiger partial charge < -0.3 is 9.30 Å². The van der Waals surface area contributed by atoms with Gasteiger partial charge in [-0.3, -0.25) is 9.48 Å². The van der Waals surface area contributed by atoms with Crippen molar-refractivity contribution in [1.82, 2.24) is 14.3 Å². The van der Waals surface area contributed by atoms with Crippen molar-refractivity contribution in [2.45, 2.75) is 33.9 Å². The highest BCUT2D eigenvalue weighted by Crippen LogP contribution is 2.20. The van der Waals surface area contributed by atoms with Gasteiger partial charge in [0.15, 0.2) is 4.80 Å². The third kappa shape index (κ3) is 3.75. The minimum Gasteiger partial charge on any atom is -0.462 e. The normalized spacial score (nSPS) is 11.6. The van der Waals surface area contributed by atoms with Crippen molar-refractivity contribution in [3.05, 3.63) is 46.0 Å². The number of rotatable bonds is 5. The summed E-state index contributed by atoms with van der Waals surface area (Å²) in [7, 11) is 0. The Kier molecular flexibility index (Phi) is 5.76. The summed E-state index contributed by atoms with van der Waals surface area (Å²) >= 11 is 1.30. The maximum atomic E-state index is 12.7. The van der Waals surface area contributed by atoms with Crippen LogP contribution in [0.4, 0.5) is 0 Å². The molecule has 7 nitrogen and oxygen atoms in total. The zero-order valence-electron chi connectivity index (χ0n) is 15.9. The summed E-state index contributed by atoms with van der Waals surface area (Å²) in [6.07, 6.45) is 5.51. The van der Waals surface area contributed by atoms with Gasteiger partial charge in [-0.05, 0) is 45.0 Å². The second-order valence-corrected chi connectivity index (χ2v) is 6.99. The number of hydrogen-bond donors (Lipinski definition) is 0. The Morgan fingerprint density at radius 3 is 2.79 bits per heavy atom. The standard InChI is InChI=1S/C20H20N4O3S/c1-5-10-23-15-9-8-14(19(26)27-7-3)12-17(15)28-20(23)21-18(25)16-11-13(4)22-24(16)6-2/h1,8-9,11-12H,6-7,10H2,2-4H3. The monoisotopic (exact) mass is 396 g/mol. The zero-order chi connectivity index (χ0) is 20.3. The quantitative estimate of drug-likeness (QED) is 0.491. The van der Waals surface area contributed by atoms with Crippen molar-refractivity contribution < 1.29 is 14.3 Å². The van der Waals surface area contributed by atoms with Crippen molar-refractivity contribution in [2.24, 2.45) is 4.99 Å². The molecule has 1 amide bonds. The molecule has 144 valence electrons. The molecule has 0 aliphatic carbocycles. The summed E-state index contributed by atoms with van der Waals surface area (Å²) in [5.41, 5.74) is 2.44. The van der Waals surface area contributed by atoms with Gasteiger partial charge in [-0.1, -0.05) is 17.3 Å². The van der Waals surface area contributed by atoms with Gasteiger partial charge in [0.25, 0.3) is 5.91 Å². The van der Waals surface area contributed by atoms with Gasteiger partial charge in [0.1, 0.15) is 5.69 Å². The topological polar surface area (TPSA) is 78.5 Å². The lowest BCUT2D eigenvalue weighted by atomic mass is 10.2. The van der Waals surface area contributed by atoms with Crippen molar-refractivity contribution in [3.63, 3.8) is 0 Å². The summed E-state index contributed by atoms with van der Waals surface area (Å²) in [6, 6.07) is 6.92. The van der Waals surface area contributed by atoms with E-state index in [2.05, 4.69) is 16.0 Å². The molecular weight excluding hydrogens is 376 g/mol. The third-order valence-electron chi connectivity index (χ3n) is 4.06. The van der Waals surface area contributed by atoms with Gasteiger partial charge in [-0.2, -0.15) is 10.1 Å². The van der Waals surface area contributed by atoms with E-state index in [1.165, 1.54) is 11.3 Å². The van der Waals surface area contributed by atoms with Gasteiger partial charge in [-0.15, -0.1) is 6.42 Å². The van der Waals surface area contributed by atoms with Crippen LogP contribution >= 0.6 is 11.3 Å². The van der Waals surface area contributed by atoms with Crippen LogP contribution in [-0.4, -0.2) is 32.8 Å². The summed E-state index contributed by atoms with van der Waals surface area (Å²) in [5.74, 6) is 1.81. The number of fused-ring (bicyclic) bond motifs is 1. The lowest BCUT2D eigenvalue weighted by Crippen LogP contribution is -2.18. The summed E-state index contributed by atoms with van der Waals surface area (Å²) in [4.78, 5) is 29.5. The maximum absolute atomic E-state index is 12.7. The lowest BCUT2D eigenvalue weighted by molar-refractivity contribution is 0.0526. The second-order valence-electron chi connectivity index (χ2n) is 5.98. The number of aromatic nitrogens is 3. The van der Waals surface area contributed by atoms with E-state index in [0.29, 0.717) is 29.2 Å². The van der Waals surface area contributed by atoms with Crippen molar-refractivity contribution in [2.75, 3.05) is 6.61 Å². The van der Waals surface area contributed by atoms with Gasteiger partial charge in [0.2, 0.25) is 0 Å². The van der Waals surface area contributed by atoms with Crippen LogP contribution in [-0.2, 0) is 17.8 Å². The number of esters is 1. The molecule has 8 heteroatoms. The molecule has 0 radical (unpaired) electrons. The average Bonchev–Trinajstić information content (AvgIpc) is 3.22. The predicted octanol–water partition coefficient (Wildman–Crippen LogP) is 2.78. The van der Waals surface area contributed by atoms with E-state index in [1.807, 2.05) is 13.8 Å². The molecule has 0 unspecified atom stereocenters. The molecule has 2 aromatic heterocycles. The average molecular weight is 396 g/mol. The fraction of sp³-hybridized carbons (Fsp3) is 0.300. The molecule has 28 heavy (non-hydrogen) atoms. The molecule has 0 aliphatic rings. The number of thiazole rings is 1. The van der Waals surface area contributed by atoms with Crippen LogP contribution in [0.5, 0.6) is 0 Å². The van der Waals surface area contributed by atoms with Crippen molar-refractivity contribution in [3.8, 4) is 12.3 Å². The van der Waals surface area contributed by atoms with Gasteiger partial charge in [0.05, 0.1) is 34.6 Å². The van der Waals surface area contributed by atoms with Gasteiger partial charge >= 0.3 is 5.97 Å². The molecule has 0 N–H and O–H groups in total. The molecule has 0 atom stereocenters. The Labute approximate surface area is 166 Å². The minimum atomic E-state index is -0.391. The summed E-state index contributed by atoms with van der Waals surface area (Å²) in [6.45, 7) is 6.64. The van der Waals surface area contributed by atoms with E-state index in [1.54, 1.807) is 40.4 Å². The van der Waals surface area contributed by atoms with E-state index in [-0.39, 0.29) is 12.5 Å². The number of amides is 1. The molecule has 0 saturated heterocycles. The number of hydrogen-bond acceptors (Lipinski definition) is 5. The Morgan fingerprint density at radius 2 is 2.11 bits per heavy atom. The Morgan fingerprint density at radius 1 is 1.32 bits per heavy atom. The second kappa shape index (κ2) is 8.23. The molecule has 1 aromatic carbocycles. The first-order valence-electron chi connectivity index (χ1n) is 8.86. The highest BCUT2D eigenvalue weighted by atomic mass is 32.1. The number of benzene rings is 1. The Bertz CT molecular complexity index is 1160. The smallest absolute Gasteiger partial charge is 0.338 e. The summed E-state index contributed by atoms with van der Waals surface area (Å²) < 4.78 is 9.26. The highest BCUT2D eigenvalue weighted by Gasteiger charge is 2.15. The Balaban J connectivity index is 2.12. The van der Waals surface area contributed by atoms with E-state index in [0.717, 1.165) is 15.9 Å². The zero-order valence-corrected chi connectivity index (χ0v) is 16.7. The van der Waals surface area contributed by atoms with Crippen LogP contribution in [0, 0.1) is 19.3 Å². The first-order valence-corrected chi connectivity index (χ1v) is 9.67. The highest BCUT2D eigenvalue weighted by molar-refractivity contribution is 7.16. The number of carbonyl (C=O) groups excluding carboxylic acids is 2. The van der Waals surface area contributed by atoms with E-state index in [9.17, 15) is 9.59 Å². The number of aryl methyl sites for hydroxylation is 2. The van der Waals surface area contributed by atoms with E-state index < -0.39 is 5.97 Å². The van der Waals surface area contributed by atoms with Crippen LogP contribution in [0.25, 0.3) is 10.2 Å². The number of carbonyl (C=O) groups is 2. The lowest BCUT2D eigenvalue weighted by Gasteiger charge is -2.03. The molecule has 0 bridgehead atoms. The van der Waals surface area contributed by atoms with Crippen LogP contribution in [0.15, 0.2) is 29.3 Å². The summed E-state index contributed by atoms with van der Waals surface area (Å²) in [5, 5.41) is 4.29. The van der Waals surface area contributed by atoms with Crippen molar-refractivity contribution >= 4 is 33.4 Å². The Hall–Kier alpha value is -3.18. The van der Waals surface area contributed by atoms with Crippen LogP contribution in [0.1, 0.15) is 40.4 Å². The molecule has 0 fully saturated rings. The van der Waals surface area contributed by atoms with Crippen molar-refractivity contribution in [1.29, 1.82) is 0 Å². The fourth-order valence-corrected chi connectivity index (χ4v) is 3.91. The van der Waals surface area contributed by atoms with E-state index in [4.69, 9.17) is 11.2 Å². The number of terminal acetylenes is 1. The molecule has 0 aliphatic heterocycles. The molecule has 2 heterocycles. The minimum absolute atomic E-state index is 0.261. The largest absolute Gasteiger partial charge is 0.462 e. The molecule has 0 spiro atoms. The SMILES string of the molecule is C#CCn1c(=NC(=O)c2cc(C)nn2CC)sc2cc(C(=O)OCC)ccc21.